The number of ether oxygens (including phenoxy) is 2. The van der Waals surface area contributed by atoms with E-state index in [-0.39, 0.29) is 12.0 Å². The molecule has 0 radical (unpaired) electrons. The van der Waals surface area contributed by atoms with E-state index in [1.54, 1.807) is 19.4 Å². The van der Waals surface area contributed by atoms with E-state index >= 15 is 0 Å². The largest absolute Gasteiger partial charge is 0.473 e. The Labute approximate surface area is 120 Å². The van der Waals surface area contributed by atoms with Crippen molar-refractivity contribution in [3.8, 4) is 5.88 Å². The fourth-order valence-electron chi connectivity index (χ4n) is 1.89. The lowest BCUT2D eigenvalue weighted by molar-refractivity contribution is -0.00159. The van der Waals surface area contributed by atoms with Crippen LogP contribution < -0.4 is 4.74 Å². The molecule has 0 bridgehead atoms. The van der Waals surface area contributed by atoms with Crippen molar-refractivity contribution in [2.75, 3.05) is 13.7 Å². The highest BCUT2D eigenvalue weighted by atomic mass is 16.5. The predicted molar refractivity (Wildman–Crippen MR) is 79.7 cm³/mol. The molecule has 110 valence electrons. The minimum absolute atomic E-state index is 0.0507. The summed E-state index contributed by atoms with van der Waals surface area (Å²) in [7, 11) is 1.56. The van der Waals surface area contributed by atoms with E-state index < -0.39 is 6.10 Å². The molecule has 0 aromatic carbocycles. The Morgan fingerprint density at radius 1 is 1.50 bits per heavy atom. The molecule has 1 rings (SSSR count). The average Bonchev–Trinajstić information content (AvgIpc) is 2.47. The Hall–Kier alpha value is -1.65. The molecule has 1 aromatic rings. The smallest absolute Gasteiger partial charge is 0.213 e. The molecule has 0 aliphatic heterocycles. The number of rotatable bonds is 8. The van der Waals surface area contributed by atoms with Gasteiger partial charge < -0.3 is 14.6 Å². The third-order valence-corrected chi connectivity index (χ3v) is 3.01. The maximum Gasteiger partial charge on any atom is 0.213 e. The Morgan fingerprint density at radius 3 is 2.80 bits per heavy atom. The second-order valence-electron chi connectivity index (χ2n) is 4.76. The summed E-state index contributed by atoms with van der Waals surface area (Å²) >= 11 is 0. The highest BCUT2D eigenvalue weighted by Gasteiger charge is 2.20. The van der Waals surface area contributed by atoms with Gasteiger partial charge in [0.1, 0.15) is 12.7 Å². The van der Waals surface area contributed by atoms with Gasteiger partial charge in [0.05, 0.1) is 6.10 Å². The van der Waals surface area contributed by atoms with Crippen molar-refractivity contribution < 1.29 is 14.6 Å². The molecule has 0 amide bonds. The van der Waals surface area contributed by atoms with Crippen molar-refractivity contribution in [1.82, 2.24) is 4.98 Å². The van der Waals surface area contributed by atoms with Crippen molar-refractivity contribution in [3.05, 3.63) is 48.7 Å². The van der Waals surface area contributed by atoms with Gasteiger partial charge in [-0.3, -0.25) is 0 Å². The highest BCUT2D eigenvalue weighted by molar-refractivity contribution is 5.12. The van der Waals surface area contributed by atoms with E-state index in [9.17, 15) is 5.11 Å². The minimum atomic E-state index is -0.623. The highest BCUT2D eigenvalue weighted by Crippen LogP contribution is 2.15. The van der Waals surface area contributed by atoms with Crippen LogP contribution in [-0.4, -0.2) is 36.0 Å². The van der Waals surface area contributed by atoms with E-state index in [1.807, 2.05) is 38.1 Å². The van der Waals surface area contributed by atoms with Crippen molar-refractivity contribution in [2.24, 2.45) is 5.92 Å². The van der Waals surface area contributed by atoms with Crippen LogP contribution in [0.15, 0.2) is 48.7 Å². The summed E-state index contributed by atoms with van der Waals surface area (Å²) in [6, 6.07) is 5.53. The number of aliphatic hydroxyl groups excluding tert-OH is 1. The van der Waals surface area contributed by atoms with Gasteiger partial charge >= 0.3 is 0 Å². The third kappa shape index (κ3) is 5.15. The maximum atomic E-state index is 10.1. The molecule has 0 saturated carbocycles. The third-order valence-electron chi connectivity index (χ3n) is 3.01. The second-order valence-corrected chi connectivity index (χ2v) is 4.76. The monoisotopic (exact) mass is 277 g/mol. The summed E-state index contributed by atoms with van der Waals surface area (Å²) in [6.45, 7) is 7.99. The Balaban J connectivity index is 2.53. The molecule has 0 aliphatic carbocycles. The molecule has 3 atom stereocenters. The molecule has 3 unspecified atom stereocenters. The van der Waals surface area contributed by atoms with Gasteiger partial charge in [-0.2, -0.15) is 0 Å². The molecule has 0 spiro atoms. The zero-order chi connectivity index (χ0) is 15.0. The number of aromatic nitrogens is 1. The van der Waals surface area contributed by atoms with Crippen LogP contribution in [0.4, 0.5) is 0 Å². The molecule has 1 heterocycles. The molecule has 4 nitrogen and oxygen atoms in total. The molecule has 0 saturated heterocycles. The molecule has 1 N–H and O–H groups in total. The zero-order valence-electron chi connectivity index (χ0n) is 12.3. The number of hydrogen-bond acceptors (Lipinski definition) is 4. The molecule has 20 heavy (non-hydrogen) atoms. The summed E-state index contributed by atoms with van der Waals surface area (Å²) in [5.41, 5.74) is 1.03. The van der Waals surface area contributed by atoms with Crippen LogP contribution in [0.2, 0.25) is 0 Å². The van der Waals surface area contributed by atoms with Crippen molar-refractivity contribution in [3.63, 3.8) is 0 Å². The van der Waals surface area contributed by atoms with Gasteiger partial charge in [-0.25, -0.2) is 4.98 Å². The number of nitrogens with zero attached hydrogens (tertiary/aromatic N) is 1. The first-order chi connectivity index (χ1) is 9.58. The number of pyridine rings is 1. The van der Waals surface area contributed by atoms with E-state index in [1.165, 1.54) is 0 Å². The van der Waals surface area contributed by atoms with Gasteiger partial charge in [0, 0.05) is 25.3 Å². The lowest BCUT2D eigenvalue weighted by atomic mass is 9.97. The summed E-state index contributed by atoms with van der Waals surface area (Å²) in [4.78, 5) is 4.09. The number of hydrogen-bond donors (Lipinski definition) is 1. The van der Waals surface area contributed by atoms with Gasteiger partial charge in [0.25, 0.3) is 0 Å². The van der Waals surface area contributed by atoms with Crippen LogP contribution in [-0.2, 0) is 4.74 Å². The number of aliphatic hydroxyl groups is 1. The van der Waals surface area contributed by atoms with E-state index in [2.05, 4.69) is 11.6 Å². The molecular weight excluding hydrogens is 254 g/mol. The lowest BCUT2D eigenvalue weighted by Crippen LogP contribution is -2.31. The zero-order valence-corrected chi connectivity index (χ0v) is 12.3. The molecule has 0 fully saturated rings. The van der Waals surface area contributed by atoms with Gasteiger partial charge in [-0.05, 0) is 18.6 Å². The van der Waals surface area contributed by atoms with Crippen molar-refractivity contribution >= 4 is 0 Å². The van der Waals surface area contributed by atoms with E-state index in [0.717, 1.165) is 5.57 Å². The van der Waals surface area contributed by atoms with Crippen LogP contribution in [0.5, 0.6) is 5.88 Å². The summed E-state index contributed by atoms with van der Waals surface area (Å²) in [6.07, 6.45) is 4.28. The average molecular weight is 277 g/mol. The van der Waals surface area contributed by atoms with E-state index in [0.29, 0.717) is 12.5 Å². The second kappa shape index (κ2) is 8.51. The van der Waals surface area contributed by atoms with Crippen molar-refractivity contribution in [2.45, 2.75) is 26.1 Å². The minimum Gasteiger partial charge on any atom is -0.473 e. The first kappa shape index (κ1) is 16.4. The quantitative estimate of drug-likeness (QED) is 0.742. The van der Waals surface area contributed by atoms with Crippen molar-refractivity contribution in [1.29, 1.82) is 0 Å². The molecule has 1 aromatic heterocycles. The van der Waals surface area contributed by atoms with Crippen LogP contribution >= 0.6 is 0 Å². The topological polar surface area (TPSA) is 51.6 Å². The van der Waals surface area contributed by atoms with Gasteiger partial charge in [0.15, 0.2) is 0 Å². The molecule has 0 aliphatic rings. The fourth-order valence-corrected chi connectivity index (χ4v) is 1.89. The van der Waals surface area contributed by atoms with Gasteiger partial charge in [-0.1, -0.05) is 25.1 Å². The maximum absolute atomic E-state index is 10.1. The van der Waals surface area contributed by atoms with Gasteiger partial charge in [0.2, 0.25) is 5.88 Å². The Morgan fingerprint density at radius 2 is 2.25 bits per heavy atom. The van der Waals surface area contributed by atoms with Crippen LogP contribution in [0.1, 0.15) is 13.8 Å². The van der Waals surface area contributed by atoms with Crippen LogP contribution in [0.3, 0.4) is 0 Å². The molecular formula is C16H23NO3. The number of methoxy groups -OCH3 is 1. The van der Waals surface area contributed by atoms with Crippen LogP contribution in [0, 0.1) is 5.92 Å². The van der Waals surface area contributed by atoms with Gasteiger partial charge in [-0.15, -0.1) is 6.58 Å². The SMILES string of the molecule is C=CC(OC)C(O)C(C)/C=C(/C)COc1ccccn1. The van der Waals surface area contributed by atoms with Crippen LogP contribution in [0.25, 0.3) is 0 Å². The summed E-state index contributed by atoms with van der Waals surface area (Å²) in [5.74, 6) is 0.541. The Bertz CT molecular complexity index is 431. The standard InChI is InChI=1S/C16H23NO3/c1-5-14(19-4)16(18)13(3)10-12(2)11-20-15-8-6-7-9-17-15/h5-10,13-14,16,18H,1,11H2,2-4H3/b12-10-. The first-order valence-electron chi connectivity index (χ1n) is 6.63. The van der Waals surface area contributed by atoms with E-state index in [4.69, 9.17) is 9.47 Å². The normalized spacial score (nSPS) is 16.3. The molecule has 4 heteroatoms. The lowest BCUT2D eigenvalue weighted by Gasteiger charge is -2.22. The summed E-state index contributed by atoms with van der Waals surface area (Å²) < 4.78 is 10.7. The first-order valence-corrected chi connectivity index (χ1v) is 6.63. The fraction of sp³-hybridized carbons (Fsp3) is 0.438. The Kier molecular flexibility index (Phi) is 6.98. The predicted octanol–water partition coefficient (Wildman–Crippen LogP) is 2.60. The summed E-state index contributed by atoms with van der Waals surface area (Å²) in [5, 5.41) is 10.1.